The molecule has 10 heteroatoms. The predicted molar refractivity (Wildman–Crippen MR) is 107 cm³/mol. The third-order valence-corrected chi connectivity index (χ3v) is 4.86. The molecule has 1 aliphatic rings. The second-order valence-corrected chi connectivity index (χ2v) is 7.19. The van der Waals surface area contributed by atoms with Gasteiger partial charge in [-0.05, 0) is 6.42 Å². The summed E-state index contributed by atoms with van der Waals surface area (Å²) in [7, 11) is 1.00. The Morgan fingerprint density at radius 1 is 0.931 bits per heavy atom. The minimum absolute atomic E-state index is 0.0283. The summed E-state index contributed by atoms with van der Waals surface area (Å²) in [5, 5.41) is 25.7. The maximum Gasteiger partial charge on any atom is 0.320 e. The normalized spacial score (nSPS) is 18.0. The lowest BCUT2D eigenvalue weighted by molar-refractivity contribution is -0.144. The number of aliphatic carboxylic acids is 2. The fourth-order valence-corrected chi connectivity index (χ4v) is 3.14. The number of carboxylic acids is 2. The van der Waals surface area contributed by atoms with Crippen LogP contribution in [0.3, 0.4) is 0 Å². The third kappa shape index (κ3) is 11.0. The largest absolute Gasteiger partial charge is 0.480 e. The van der Waals surface area contributed by atoms with Crippen LogP contribution in [0.25, 0.3) is 0 Å². The third-order valence-electron chi connectivity index (χ3n) is 4.86. The summed E-state index contributed by atoms with van der Waals surface area (Å²) < 4.78 is 0. The summed E-state index contributed by atoms with van der Waals surface area (Å²) >= 11 is 0. The molecule has 0 saturated carbocycles. The van der Waals surface area contributed by atoms with E-state index in [9.17, 15) is 24.3 Å². The van der Waals surface area contributed by atoms with E-state index in [1.54, 1.807) is 23.6 Å². The summed E-state index contributed by atoms with van der Waals surface area (Å²) in [5.74, 6) is -2.04. The van der Waals surface area contributed by atoms with Gasteiger partial charge in [0.2, 0.25) is 0 Å². The van der Waals surface area contributed by atoms with E-state index in [1.165, 1.54) is 0 Å². The minimum atomic E-state index is -0.988. The number of rotatable bonds is 10. The fraction of sp³-hybridized carbons (Fsp3) is 0.789. The van der Waals surface area contributed by atoms with Gasteiger partial charge < -0.3 is 20.1 Å². The van der Waals surface area contributed by atoms with E-state index in [0.29, 0.717) is 39.3 Å². The Kier molecular flexibility index (Phi) is 14.1. The van der Waals surface area contributed by atoms with Crippen molar-refractivity contribution in [3.63, 3.8) is 0 Å². The van der Waals surface area contributed by atoms with Crippen LogP contribution < -0.4 is 0 Å². The van der Waals surface area contributed by atoms with Gasteiger partial charge in [-0.1, -0.05) is 13.8 Å². The smallest absolute Gasteiger partial charge is 0.320 e. The number of hydrogen-bond acceptors (Lipinski definition) is 8. The van der Waals surface area contributed by atoms with Crippen LogP contribution in [-0.4, -0.2) is 120 Å². The average molecular weight is 418 g/mol. The molecule has 0 amide bonds. The molecule has 168 valence electrons. The summed E-state index contributed by atoms with van der Waals surface area (Å²) in [5.41, 5.74) is 0. The lowest BCUT2D eigenvalue weighted by atomic mass is 10.0. The molecule has 1 aliphatic heterocycles. The van der Waals surface area contributed by atoms with E-state index in [1.807, 2.05) is 4.90 Å². The van der Waals surface area contributed by atoms with Crippen LogP contribution in [0, 0.1) is 5.92 Å². The molecule has 0 bridgehead atoms. The zero-order valence-corrected chi connectivity index (χ0v) is 17.6. The van der Waals surface area contributed by atoms with Gasteiger partial charge in [-0.2, -0.15) is 0 Å². The number of aliphatic hydroxyl groups is 1. The van der Waals surface area contributed by atoms with Gasteiger partial charge in [-0.15, -0.1) is 0 Å². The maximum atomic E-state index is 11.9. The summed E-state index contributed by atoms with van der Waals surface area (Å²) in [6, 6.07) is -0.810. The van der Waals surface area contributed by atoms with Crippen molar-refractivity contribution >= 4 is 24.0 Å². The maximum absolute atomic E-state index is 11.9. The van der Waals surface area contributed by atoms with E-state index >= 15 is 0 Å². The van der Waals surface area contributed by atoms with Crippen molar-refractivity contribution in [2.75, 3.05) is 59.5 Å². The van der Waals surface area contributed by atoms with Crippen LogP contribution in [0.15, 0.2) is 0 Å². The highest BCUT2D eigenvalue weighted by molar-refractivity contribution is 5.81. The predicted octanol–water partition coefficient (Wildman–Crippen LogP) is -0.743. The quantitative estimate of drug-likeness (QED) is 0.389. The van der Waals surface area contributed by atoms with Crippen LogP contribution >= 0.6 is 0 Å². The van der Waals surface area contributed by atoms with Crippen LogP contribution in [0.5, 0.6) is 0 Å². The summed E-state index contributed by atoms with van der Waals surface area (Å²) in [6.07, 6.45) is 1.21. The zero-order chi connectivity index (χ0) is 22.4. The Labute approximate surface area is 172 Å². The molecule has 0 aromatic rings. The Bertz CT molecular complexity index is 528. The molecule has 1 heterocycles. The van der Waals surface area contributed by atoms with Crippen molar-refractivity contribution < 1.29 is 34.5 Å². The second-order valence-electron chi connectivity index (χ2n) is 7.19. The molecule has 1 atom stereocenters. The molecule has 0 radical (unpaired) electrons. The Hall–Kier alpha value is -1.88. The number of aldehydes is 1. The van der Waals surface area contributed by atoms with Crippen LogP contribution in [0.1, 0.15) is 26.7 Å². The number of Topliss-reactive ketones (excluding diaryl/α,β-unsaturated/α-hetero) is 1. The van der Waals surface area contributed by atoms with E-state index in [-0.39, 0.29) is 37.6 Å². The molecular weight excluding hydrogens is 382 g/mol. The highest BCUT2D eigenvalue weighted by atomic mass is 16.4. The molecule has 0 aromatic carbocycles. The van der Waals surface area contributed by atoms with Crippen molar-refractivity contribution in [2.24, 2.45) is 5.92 Å². The molecule has 0 spiro atoms. The van der Waals surface area contributed by atoms with Gasteiger partial charge in [-0.3, -0.25) is 29.1 Å². The van der Waals surface area contributed by atoms with E-state index in [2.05, 4.69) is 0 Å². The lowest BCUT2D eigenvalue weighted by Crippen LogP contribution is -2.47. The number of carbonyl (C=O) groups excluding carboxylic acids is 2. The van der Waals surface area contributed by atoms with E-state index in [0.717, 1.165) is 13.4 Å². The highest BCUT2D eigenvalue weighted by Crippen LogP contribution is 2.13. The zero-order valence-electron chi connectivity index (χ0n) is 17.6. The van der Waals surface area contributed by atoms with Crippen LogP contribution in [-0.2, 0) is 19.2 Å². The van der Waals surface area contributed by atoms with Gasteiger partial charge in [-0.25, -0.2) is 0 Å². The highest BCUT2D eigenvalue weighted by Gasteiger charge is 2.28. The monoisotopic (exact) mass is 417 g/mol. The molecule has 1 saturated heterocycles. The first kappa shape index (κ1) is 27.1. The Balaban J connectivity index is 0.00000379. The lowest BCUT2D eigenvalue weighted by Gasteiger charge is -2.30. The van der Waals surface area contributed by atoms with Crippen molar-refractivity contribution in [3.8, 4) is 0 Å². The number of carbonyl (C=O) groups is 4. The van der Waals surface area contributed by atoms with Gasteiger partial charge in [0.25, 0.3) is 0 Å². The van der Waals surface area contributed by atoms with E-state index < -0.39 is 18.0 Å². The number of hydrogen-bond donors (Lipinski definition) is 3. The molecule has 29 heavy (non-hydrogen) atoms. The molecule has 1 fully saturated rings. The first-order valence-electron chi connectivity index (χ1n) is 9.79. The van der Waals surface area contributed by atoms with Crippen molar-refractivity contribution in [1.82, 2.24) is 14.7 Å². The van der Waals surface area contributed by atoms with Gasteiger partial charge in [0.15, 0.2) is 0 Å². The first-order valence-corrected chi connectivity index (χ1v) is 9.79. The van der Waals surface area contributed by atoms with Crippen LogP contribution in [0.4, 0.5) is 0 Å². The van der Waals surface area contributed by atoms with Crippen LogP contribution in [0.2, 0.25) is 0 Å². The van der Waals surface area contributed by atoms with Gasteiger partial charge in [0.05, 0.1) is 13.1 Å². The topological polar surface area (TPSA) is 139 Å². The van der Waals surface area contributed by atoms with Gasteiger partial charge in [0.1, 0.15) is 18.1 Å². The summed E-state index contributed by atoms with van der Waals surface area (Å²) in [4.78, 5) is 51.1. The molecular formula is C19H35N3O7. The number of carboxylic acid groups (broad SMARTS) is 2. The van der Waals surface area contributed by atoms with Crippen molar-refractivity contribution in [2.45, 2.75) is 32.7 Å². The molecule has 1 rings (SSSR count). The first-order chi connectivity index (χ1) is 13.7. The fourth-order valence-electron chi connectivity index (χ4n) is 3.14. The number of nitrogens with zero attached hydrogens (tertiary/aromatic N) is 3. The van der Waals surface area contributed by atoms with Gasteiger partial charge >= 0.3 is 11.9 Å². The molecule has 0 aromatic heterocycles. The number of ketones is 1. The molecule has 10 nitrogen and oxygen atoms in total. The second kappa shape index (κ2) is 15.0. The Morgan fingerprint density at radius 3 is 1.93 bits per heavy atom. The number of aliphatic hydroxyl groups excluding tert-OH is 1. The van der Waals surface area contributed by atoms with Gasteiger partial charge in [0, 0.05) is 58.7 Å². The minimum Gasteiger partial charge on any atom is -0.480 e. The molecule has 0 aliphatic carbocycles. The summed E-state index contributed by atoms with van der Waals surface area (Å²) in [6.45, 7) is 6.49. The SMILES string of the molecule is CC(C)C(=O)CCC(C(=O)O)N1CCN(CC=O)CCN(CC(=O)O)CC1.CO. The average Bonchev–Trinajstić information content (AvgIpc) is 2.75. The Morgan fingerprint density at radius 2 is 1.45 bits per heavy atom. The van der Waals surface area contributed by atoms with Crippen molar-refractivity contribution in [3.05, 3.63) is 0 Å². The van der Waals surface area contributed by atoms with Crippen molar-refractivity contribution in [1.29, 1.82) is 0 Å². The molecule has 1 unspecified atom stereocenters. The standard InChI is InChI=1S/C18H31N3O6.CH4O/c1-14(2)16(23)4-3-15(18(26)27)21-9-7-19(11-12-22)5-6-20(8-10-21)13-17(24)25;1-2/h12,14-15H,3-11,13H2,1-2H3,(H,24,25)(H,26,27);2H,1H3. The van der Waals surface area contributed by atoms with E-state index in [4.69, 9.17) is 10.2 Å². The molecule has 3 N–H and O–H groups in total.